The molecule has 3 amide bonds. The van der Waals surface area contributed by atoms with Gasteiger partial charge in [0.2, 0.25) is 11.8 Å². The van der Waals surface area contributed by atoms with Crippen molar-refractivity contribution in [1.82, 2.24) is 10.6 Å². The predicted molar refractivity (Wildman–Crippen MR) is 116 cm³/mol. The molecule has 0 unspecified atom stereocenters. The van der Waals surface area contributed by atoms with Gasteiger partial charge < -0.3 is 20.9 Å². The quantitative estimate of drug-likeness (QED) is 0.594. The maximum atomic E-state index is 12.1. The number of hydrogen-bond acceptors (Lipinski definition) is 4. The molecule has 2 aromatic rings. The highest BCUT2D eigenvalue weighted by molar-refractivity contribution is 9.10. The first-order chi connectivity index (χ1) is 13.9. The van der Waals surface area contributed by atoms with E-state index in [0.717, 1.165) is 10.2 Å². The third kappa shape index (κ3) is 5.95. The SMILES string of the molecule is O=C1CN(c2ccc(NC(=O)CCNC(=O)c3ccc(Br)cc3)cc2Cl)CCN1. The summed E-state index contributed by atoms with van der Waals surface area (Å²) < 4.78 is 0.890. The summed E-state index contributed by atoms with van der Waals surface area (Å²) in [5, 5.41) is 8.71. The summed E-state index contributed by atoms with van der Waals surface area (Å²) in [6.07, 6.45) is 0.133. The van der Waals surface area contributed by atoms with Gasteiger partial charge in [-0.05, 0) is 42.5 Å². The van der Waals surface area contributed by atoms with E-state index in [0.29, 0.717) is 29.4 Å². The van der Waals surface area contributed by atoms with Crippen LogP contribution in [0.4, 0.5) is 11.4 Å². The van der Waals surface area contributed by atoms with Crippen LogP contribution in [0.2, 0.25) is 5.02 Å². The first-order valence-electron chi connectivity index (χ1n) is 9.07. The third-order valence-corrected chi connectivity index (χ3v) is 5.19. The monoisotopic (exact) mass is 478 g/mol. The topological polar surface area (TPSA) is 90.5 Å². The van der Waals surface area contributed by atoms with E-state index in [4.69, 9.17) is 11.6 Å². The van der Waals surface area contributed by atoms with Crippen LogP contribution in [0.5, 0.6) is 0 Å². The molecule has 3 N–H and O–H groups in total. The molecule has 0 radical (unpaired) electrons. The summed E-state index contributed by atoms with van der Waals surface area (Å²) in [6, 6.07) is 12.2. The lowest BCUT2D eigenvalue weighted by molar-refractivity contribution is -0.120. The molecule has 1 aliphatic heterocycles. The number of nitrogens with zero attached hydrogens (tertiary/aromatic N) is 1. The van der Waals surface area contributed by atoms with Crippen LogP contribution >= 0.6 is 27.5 Å². The largest absolute Gasteiger partial charge is 0.359 e. The molecule has 0 atom stereocenters. The number of hydrogen-bond donors (Lipinski definition) is 3. The van der Waals surface area contributed by atoms with Crippen molar-refractivity contribution in [2.75, 3.05) is 36.4 Å². The molecule has 0 spiro atoms. The van der Waals surface area contributed by atoms with Crippen molar-refractivity contribution >= 4 is 56.6 Å². The molecule has 0 saturated carbocycles. The Bertz CT molecular complexity index is 920. The number of anilines is 2. The molecule has 152 valence electrons. The van der Waals surface area contributed by atoms with Gasteiger partial charge in [-0.2, -0.15) is 0 Å². The van der Waals surface area contributed by atoms with Crippen molar-refractivity contribution < 1.29 is 14.4 Å². The number of rotatable bonds is 6. The van der Waals surface area contributed by atoms with Crippen LogP contribution in [-0.4, -0.2) is 43.9 Å². The first-order valence-corrected chi connectivity index (χ1v) is 10.2. The van der Waals surface area contributed by atoms with E-state index in [-0.39, 0.29) is 37.2 Å². The molecule has 0 bridgehead atoms. The van der Waals surface area contributed by atoms with Crippen molar-refractivity contribution in [2.45, 2.75) is 6.42 Å². The normalized spacial score (nSPS) is 13.6. The molecule has 1 fully saturated rings. The lowest BCUT2D eigenvalue weighted by atomic mass is 10.2. The molecule has 29 heavy (non-hydrogen) atoms. The van der Waals surface area contributed by atoms with Crippen LogP contribution in [0.1, 0.15) is 16.8 Å². The van der Waals surface area contributed by atoms with Crippen LogP contribution in [0, 0.1) is 0 Å². The number of carbonyl (C=O) groups is 3. The first kappa shape index (κ1) is 21.1. The maximum Gasteiger partial charge on any atom is 0.251 e. The smallest absolute Gasteiger partial charge is 0.251 e. The lowest BCUT2D eigenvalue weighted by Gasteiger charge is -2.29. The summed E-state index contributed by atoms with van der Waals surface area (Å²) in [4.78, 5) is 37.6. The molecule has 2 aromatic carbocycles. The summed E-state index contributed by atoms with van der Waals surface area (Å²) in [5.41, 5.74) is 1.84. The van der Waals surface area contributed by atoms with Crippen molar-refractivity contribution in [3.05, 3.63) is 57.5 Å². The van der Waals surface area contributed by atoms with Gasteiger partial charge in [-0.15, -0.1) is 0 Å². The van der Waals surface area contributed by atoms with E-state index in [1.54, 1.807) is 42.5 Å². The Morgan fingerprint density at radius 2 is 1.93 bits per heavy atom. The summed E-state index contributed by atoms with van der Waals surface area (Å²) in [6.45, 7) is 1.72. The Morgan fingerprint density at radius 3 is 2.62 bits per heavy atom. The standard InChI is InChI=1S/C20H20BrClN4O3/c21-14-3-1-13(2-4-14)20(29)24-8-7-18(27)25-15-5-6-17(16(22)11-15)26-10-9-23-19(28)12-26/h1-6,11H,7-10,12H2,(H,23,28)(H,24,29)(H,25,27). The van der Waals surface area contributed by atoms with Gasteiger partial charge in [0.15, 0.2) is 0 Å². The molecule has 9 heteroatoms. The van der Waals surface area contributed by atoms with Gasteiger partial charge in [-0.3, -0.25) is 14.4 Å². The Morgan fingerprint density at radius 1 is 1.17 bits per heavy atom. The Hall–Kier alpha value is -2.58. The Balaban J connectivity index is 1.49. The second-order valence-electron chi connectivity index (χ2n) is 6.50. The van der Waals surface area contributed by atoms with E-state index < -0.39 is 0 Å². The second kappa shape index (κ2) is 9.76. The fourth-order valence-corrected chi connectivity index (χ4v) is 3.47. The van der Waals surface area contributed by atoms with Gasteiger partial charge in [-0.25, -0.2) is 0 Å². The summed E-state index contributed by atoms with van der Waals surface area (Å²) in [7, 11) is 0. The molecule has 1 saturated heterocycles. The molecule has 1 heterocycles. The fourth-order valence-electron chi connectivity index (χ4n) is 2.90. The third-order valence-electron chi connectivity index (χ3n) is 4.35. The van der Waals surface area contributed by atoms with Crippen LogP contribution in [0.25, 0.3) is 0 Å². The lowest BCUT2D eigenvalue weighted by Crippen LogP contribution is -2.47. The van der Waals surface area contributed by atoms with Gasteiger partial charge in [-0.1, -0.05) is 27.5 Å². The summed E-state index contributed by atoms with van der Waals surface area (Å²) in [5.74, 6) is -0.514. The number of halogens is 2. The highest BCUT2D eigenvalue weighted by Gasteiger charge is 2.19. The Kier molecular flexibility index (Phi) is 7.11. The van der Waals surface area contributed by atoms with E-state index >= 15 is 0 Å². The number of piperazine rings is 1. The van der Waals surface area contributed by atoms with Crippen molar-refractivity contribution in [3.63, 3.8) is 0 Å². The van der Waals surface area contributed by atoms with E-state index in [1.807, 2.05) is 4.90 Å². The molecular formula is C20H20BrClN4O3. The van der Waals surface area contributed by atoms with Gasteiger partial charge in [0, 0.05) is 41.8 Å². The number of amides is 3. The minimum absolute atomic E-state index is 0.0464. The van der Waals surface area contributed by atoms with E-state index in [1.165, 1.54) is 0 Å². The summed E-state index contributed by atoms with van der Waals surface area (Å²) >= 11 is 9.65. The minimum atomic E-state index is -0.234. The average Bonchev–Trinajstić information content (AvgIpc) is 2.68. The molecular weight excluding hydrogens is 460 g/mol. The van der Waals surface area contributed by atoms with Crippen LogP contribution in [0.15, 0.2) is 46.9 Å². The van der Waals surface area contributed by atoms with E-state index in [2.05, 4.69) is 31.9 Å². The number of benzene rings is 2. The zero-order valence-electron chi connectivity index (χ0n) is 15.5. The van der Waals surface area contributed by atoms with Gasteiger partial charge in [0.25, 0.3) is 5.91 Å². The predicted octanol–water partition coefficient (Wildman–Crippen LogP) is 2.80. The van der Waals surface area contributed by atoms with Crippen LogP contribution in [0.3, 0.4) is 0 Å². The van der Waals surface area contributed by atoms with Crippen molar-refractivity contribution in [2.24, 2.45) is 0 Å². The molecule has 3 rings (SSSR count). The Labute approximate surface area is 181 Å². The molecule has 7 nitrogen and oxygen atoms in total. The zero-order chi connectivity index (χ0) is 20.8. The maximum absolute atomic E-state index is 12.1. The highest BCUT2D eigenvalue weighted by Crippen LogP contribution is 2.29. The van der Waals surface area contributed by atoms with Gasteiger partial charge >= 0.3 is 0 Å². The minimum Gasteiger partial charge on any atom is -0.359 e. The van der Waals surface area contributed by atoms with Crippen molar-refractivity contribution in [1.29, 1.82) is 0 Å². The van der Waals surface area contributed by atoms with Gasteiger partial charge in [0.05, 0.1) is 17.3 Å². The number of carbonyl (C=O) groups excluding carboxylic acids is 3. The van der Waals surface area contributed by atoms with Gasteiger partial charge in [0.1, 0.15) is 0 Å². The van der Waals surface area contributed by atoms with E-state index in [9.17, 15) is 14.4 Å². The highest BCUT2D eigenvalue weighted by atomic mass is 79.9. The van der Waals surface area contributed by atoms with Crippen LogP contribution < -0.4 is 20.9 Å². The zero-order valence-corrected chi connectivity index (χ0v) is 17.8. The average molecular weight is 480 g/mol. The fraction of sp³-hybridized carbons (Fsp3) is 0.250. The molecule has 0 aliphatic carbocycles. The second-order valence-corrected chi connectivity index (χ2v) is 7.82. The molecule has 1 aliphatic rings. The number of nitrogens with one attached hydrogen (secondary N) is 3. The van der Waals surface area contributed by atoms with Crippen molar-refractivity contribution in [3.8, 4) is 0 Å². The van der Waals surface area contributed by atoms with Crippen LogP contribution in [-0.2, 0) is 9.59 Å². The molecule has 0 aromatic heterocycles.